The number of benzene rings is 2. The number of rotatable bonds is 4. The lowest BCUT2D eigenvalue weighted by molar-refractivity contribution is 0.0501. The van der Waals surface area contributed by atoms with Crippen molar-refractivity contribution in [2.24, 2.45) is 5.73 Å². The van der Waals surface area contributed by atoms with Crippen LogP contribution in [-0.2, 0) is 6.54 Å². The number of likely N-dealkylation sites (tertiary alicyclic amines) is 1. The highest BCUT2D eigenvalue weighted by atomic mass is 35.5. The van der Waals surface area contributed by atoms with Crippen molar-refractivity contribution in [1.29, 1.82) is 0 Å². The molecule has 1 saturated heterocycles. The Kier molecular flexibility index (Phi) is 5.41. The van der Waals surface area contributed by atoms with Gasteiger partial charge in [0, 0.05) is 36.7 Å². The van der Waals surface area contributed by atoms with Crippen molar-refractivity contribution in [3.63, 3.8) is 0 Å². The molecule has 1 fully saturated rings. The van der Waals surface area contributed by atoms with Crippen LogP contribution in [0.2, 0.25) is 5.02 Å². The van der Waals surface area contributed by atoms with E-state index in [0.717, 1.165) is 29.4 Å². The lowest BCUT2D eigenvalue weighted by atomic mass is 10.0. The average molecular weight is 402 g/mol. The van der Waals surface area contributed by atoms with Gasteiger partial charge in [0.05, 0.1) is 16.6 Å². The topological polar surface area (TPSA) is 87.3 Å². The number of aliphatic hydroxyl groups excluding tert-OH is 1. The number of anilines is 2. The summed E-state index contributed by atoms with van der Waals surface area (Å²) < 4.78 is 13.5. The van der Waals surface area contributed by atoms with Crippen LogP contribution >= 0.6 is 11.6 Å². The van der Waals surface area contributed by atoms with Gasteiger partial charge in [-0.2, -0.15) is 0 Å². The maximum absolute atomic E-state index is 13.5. The summed E-state index contributed by atoms with van der Waals surface area (Å²) in [7, 11) is 0. The van der Waals surface area contributed by atoms with Gasteiger partial charge < -0.3 is 16.2 Å². The number of nitrogens with two attached hydrogens (primary N) is 1. The molecule has 2 aromatic carbocycles. The van der Waals surface area contributed by atoms with Crippen molar-refractivity contribution < 1.29 is 9.50 Å². The largest absolute Gasteiger partial charge is 0.390 e. The fourth-order valence-electron chi connectivity index (χ4n) is 3.52. The summed E-state index contributed by atoms with van der Waals surface area (Å²) in [5.74, 6) is 0.153. The second-order valence-electron chi connectivity index (χ2n) is 7.04. The van der Waals surface area contributed by atoms with Crippen LogP contribution in [0.5, 0.6) is 0 Å². The summed E-state index contributed by atoms with van der Waals surface area (Å²) in [6.45, 7) is 1.99. The number of hydrogen-bond donors (Lipinski definition) is 3. The zero-order valence-electron chi connectivity index (χ0n) is 15.1. The van der Waals surface area contributed by atoms with Crippen LogP contribution in [0, 0.1) is 5.82 Å². The molecular weight excluding hydrogens is 381 g/mol. The highest BCUT2D eigenvalue weighted by molar-refractivity contribution is 6.31. The number of aromatic nitrogens is 2. The lowest BCUT2D eigenvalue weighted by Gasteiger charge is -2.34. The Hall–Kier alpha value is -2.32. The van der Waals surface area contributed by atoms with Crippen molar-refractivity contribution >= 4 is 34.0 Å². The second-order valence-corrected chi connectivity index (χ2v) is 7.45. The zero-order valence-corrected chi connectivity index (χ0v) is 15.9. The van der Waals surface area contributed by atoms with E-state index >= 15 is 0 Å². The Morgan fingerprint density at radius 2 is 2.14 bits per heavy atom. The normalized spacial score (nSPS) is 20.4. The molecular formula is C20H21ClFN5O. The molecule has 0 unspecified atom stereocenters. The van der Waals surface area contributed by atoms with Gasteiger partial charge in [0.1, 0.15) is 18.0 Å². The molecule has 0 bridgehead atoms. The van der Waals surface area contributed by atoms with E-state index in [9.17, 15) is 9.50 Å². The molecule has 0 radical (unpaired) electrons. The quantitative estimate of drug-likeness (QED) is 0.622. The van der Waals surface area contributed by atoms with Gasteiger partial charge in [0.2, 0.25) is 0 Å². The first-order valence-electron chi connectivity index (χ1n) is 9.12. The molecule has 4 rings (SSSR count). The van der Waals surface area contributed by atoms with Crippen LogP contribution in [0.1, 0.15) is 12.0 Å². The maximum atomic E-state index is 13.5. The van der Waals surface area contributed by atoms with Crippen LogP contribution in [-0.4, -0.2) is 45.2 Å². The Labute approximate surface area is 167 Å². The molecule has 6 nitrogen and oxygen atoms in total. The smallest absolute Gasteiger partial charge is 0.142 e. The summed E-state index contributed by atoms with van der Waals surface area (Å²) in [6.07, 6.45) is 1.71. The Balaban J connectivity index is 1.67. The van der Waals surface area contributed by atoms with Crippen LogP contribution < -0.4 is 11.1 Å². The zero-order chi connectivity index (χ0) is 19.7. The molecule has 8 heteroatoms. The Bertz CT molecular complexity index is 996. The van der Waals surface area contributed by atoms with Crippen molar-refractivity contribution in [1.82, 2.24) is 14.9 Å². The number of nitrogens with one attached hydrogen (secondary N) is 1. The van der Waals surface area contributed by atoms with E-state index in [-0.39, 0.29) is 11.1 Å². The van der Waals surface area contributed by atoms with E-state index in [1.807, 2.05) is 18.2 Å². The Morgan fingerprint density at radius 1 is 1.29 bits per heavy atom. The number of aliphatic hydroxyl groups is 1. The van der Waals surface area contributed by atoms with Crippen molar-refractivity contribution in [2.45, 2.75) is 25.1 Å². The van der Waals surface area contributed by atoms with Gasteiger partial charge in [-0.1, -0.05) is 23.7 Å². The predicted molar refractivity (Wildman–Crippen MR) is 108 cm³/mol. The van der Waals surface area contributed by atoms with Gasteiger partial charge in [-0.05, 0) is 36.2 Å². The summed E-state index contributed by atoms with van der Waals surface area (Å²) in [4.78, 5) is 10.9. The van der Waals surface area contributed by atoms with Crippen LogP contribution in [0.25, 0.3) is 10.9 Å². The molecule has 0 saturated carbocycles. The van der Waals surface area contributed by atoms with E-state index in [0.29, 0.717) is 24.6 Å². The molecule has 146 valence electrons. The molecule has 3 aromatic rings. The van der Waals surface area contributed by atoms with Gasteiger partial charge in [-0.15, -0.1) is 0 Å². The van der Waals surface area contributed by atoms with E-state index in [4.69, 9.17) is 17.3 Å². The SMILES string of the molecule is N[C@@H]1CCN(Cc2cccc3ncnc(Nc4ccc(F)c(Cl)c4)c23)C[C@@H]1O. The molecule has 1 aliphatic heterocycles. The first-order chi connectivity index (χ1) is 13.5. The average Bonchev–Trinajstić information content (AvgIpc) is 2.68. The maximum Gasteiger partial charge on any atom is 0.142 e. The molecule has 4 N–H and O–H groups in total. The minimum atomic E-state index is -0.529. The molecule has 28 heavy (non-hydrogen) atoms. The van der Waals surface area contributed by atoms with Gasteiger partial charge in [0.25, 0.3) is 0 Å². The third-order valence-electron chi connectivity index (χ3n) is 5.04. The van der Waals surface area contributed by atoms with E-state index < -0.39 is 11.9 Å². The summed E-state index contributed by atoms with van der Waals surface area (Å²) >= 11 is 5.90. The van der Waals surface area contributed by atoms with Gasteiger partial charge >= 0.3 is 0 Å². The first-order valence-corrected chi connectivity index (χ1v) is 9.50. The standard InChI is InChI=1S/C20H21ClFN5O/c21-14-8-13(4-5-15(14)22)26-20-19-12(2-1-3-17(19)24-11-25-20)9-27-7-6-16(23)18(28)10-27/h1-5,8,11,16,18,28H,6-7,9-10,23H2,(H,24,25,26)/t16-,18+/m1/s1. The fraction of sp³-hybridized carbons (Fsp3) is 0.300. The van der Waals surface area contributed by atoms with Gasteiger partial charge in [0.15, 0.2) is 0 Å². The summed E-state index contributed by atoms with van der Waals surface area (Å²) in [5, 5.41) is 14.2. The second kappa shape index (κ2) is 7.97. The molecule has 0 amide bonds. The van der Waals surface area contributed by atoms with E-state index in [2.05, 4.69) is 20.2 Å². The lowest BCUT2D eigenvalue weighted by Crippen LogP contribution is -2.50. The highest BCUT2D eigenvalue weighted by Gasteiger charge is 2.25. The number of β-amino-alcohol motifs (C(OH)–C–C–N with tert-alkyl or cyclic N) is 1. The molecule has 1 aliphatic rings. The highest BCUT2D eigenvalue weighted by Crippen LogP contribution is 2.29. The third kappa shape index (κ3) is 3.93. The number of hydrogen-bond acceptors (Lipinski definition) is 6. The van der Waals surface area contributed by atoms with Crippen molar-refractivity contribution in [3.8, 4) is 0 Å². The van der Waals surface area contributed by atoms with E-state index in [1.165, 1.54) is 18.5 Å². The summed E-state index contributed by atoms with van der Waals surface area (Å²) in [5.41, 5.74) is 8.39. The molecule has 2 atom stereocenters. The predicted octanol–water partition coefficient (Wildman–Crippen LogP) is 3.06. The molecule has 2 heterocycles. The molecule has 0 aliphatic carbocycles. The number of piperidine rings is 1. The monoisotopic (exact) mass is 401 g/mol. The van der Waals surface area contributed by atoms with Gasteiger partial charge in [-0.25, -0.2) is 14.4 Å². The van der Waals surface area contributed by atoms with Crippen molar-refractivity contribution in [3.05, 3.63) is 59.1 Å². The van der Waals surface area contributed by atoms with Gasteiger partial charge in [-0.3, -0.25) is 4.90 Å². The fourth-order valence-corrected chi connectivity index (χ4v) is 3.70. The van der Waals surface area contributed by atoms with E-state index in [1.54, 1.807) is 6.07 Å². The van der Waals surface area contributed by atoms with Crippen molar-refractivity contribution in [2.75, 3.05) is 18.4 Å². The van der Waals surface area contributed by atoms with Crippen LogP contribution in [0.15, 0.2) is 42.7 Å². The Morgan fingerprint density at radius 3 is 2.93 bits per heavy atom. The molecule has 0 spiro atoms. The third-order valence-corrected chi connectivity index (χ3v) is 5.33. The minimum Gasteiger partial charge on any atom is -0.390 e. The minimum absolute atomic E-state index is 0.0437. The number of nitrogens with zero attached hydrogens (tertiary/aromatic N) is 3. The molecule has 1 aromatic heterocycles. The number of fused-ring (bicyclic) bond motifs is 1. The van der Waals surface area contributed by atoms with Crippen LogP contribution in [0.4, 0.5) is 15.9 Å². The summed E-state index contributed by atoms with van der Waals surface area (Å²) in [6, 6.07) is 10.2. The van der Waals surface area contributed by atoms with Crippen LogP contribution in [0.3, 0.4) is 0 Å². The number of halogens is 2. The first kappa shape index (κ1) is 19.0.